The van der Waals surface area contributed by atoms with Gasteiger partial charge in [0.2, 0.25) is 0 Å². The van der Waals surface area contributed by atoms with Crippen LogP contribution in [0.1, 0.15) is 18.2 Å². The molecule has 2 rings (SSSR count). The average Bonchev–Trinajstić information content (AvgIpc) is 2.87. The van der Waals surface area contributed by atoms with E-state index in [0.29, 0.717) is 18.7 Å². The highest BCUT2D eigenvalue weighted by Gasteiger charge is 2.09. The van der Waals surface area contributed by atoms with Gasteiger partial charge in [0.05, 0.1) is 5.69 Å². The molecule has 0 atom stereocenters. The molecule has 0 aliphatic heterocycles. The van der Waals surface area contributed by atoms with Crippen molar-refractivity contribution in [1.82, 2.24) is 15.1 Å². The van der Waals surface area contributed by atoms with E-state index in [1.807, 2.05) is 17.7 Å². The van der Waals surface area contributed by atoms with Crippen molar-refractivity contribution in [3.63, 3.8) is 0 Å². The number of rotatable bonds is 7. The Morgan fingerprint density at radius 1 is 1.25 bits per heavy atom. The molecule has 4 nitrogen and oxygen atoms in total. The summed E-state index contributed by atoms with van der Waals surface area (Å²) in [6, 6.07) is 8.71. The summed E-state index contributed by atoms with van der Waals surface area (Å²) >= 11 is 0. The number of aromatic nitrogens is 2. The van der Waals surface area contributed by atoms with Gasteiger partial charge in [0.25, 0.3) is 0 Å². The SMILES string of the molecule is CCn1nccc1CNCc1ccccc1OC(F)F. The number of benzene rings is 1. The molecule has 0 spiro atoms. The van der Waals surface area contributed by atoms with E-state index in [9.17, 15) is 8.78 Å². The maximum atomic E-state index is 12.3. The topological polar surface area (TPSA) is 39.1 Å². The van der Waals surface area contributed by atoms with Crippen LogP contribution in [0.3, 0.4) is 0 Å². The van der Waals surface area contributed by atoms with Crippen molar-refractivity contribution in [2.45, 2.75) is 33.2 Å². The standard InChI is InChI=1S/C14H17F2N3O/c1-2-19-12(7-8-18-19)10-17-9-11-5-3-4-6-13(11)20-14(15)16/h3-8,14,17H,2,9-10H2,1H3. The van der Waals surface area contributed by atoms with E-state index in [0.717, 1.165) is 12.2 Å². The van der Waals surface area contributed by atoms with E-state index in [4.69, 9.17) is 0 Å². The van der Waals surface area contributed by atoms with Crippen molar-refractivity contribution >= 4 is 0 Å². The molecule has 1 aromatic heterocycles. The molecule has 108 valence electrons. The molecule has 0 radical (unpaired) electrons. The van der Waals surface area contributed by atoms with Crippen LogP contribution in [0, 0.1) is 0 Å². The molecule has 2 aromatic rings. The summed E-state index contributed by atoms with van der Waals surface area (Å²) in [6.45, 7) is 1.09. The first-order chi connectivity index (χ1) is 9.70. The van der Waals surface area contributed by atoms with Crippen molar-refractivity contribution < 1.29 is 13.5 Å². The number of ether oxygens (including phenoxy) is 1. The van der Waals surface area contributed by atoms with Gasteiger partial charge in [-0.3, -0.25) is 4.68 Å². The summed E-state index contributed by atoms with van der Waals surface area (Å²) in [6.07, 6.45) is 1.74. The number of alkyl halides is 2. The van der Waals surface area contributed by atoms with Crippen LogP contribution in [-0.4, -0.2) is 16.4 Å². The minimum atomic E-state index is -2.81. The molecule has 1 N–H and O–H groups in total. The number of aryl methyl sites for hydroxylation is 1. The van der Waals surface area contributed by atoms with E-state index in [1.165, 1.54) is 0 Å². The van der Waals surface area contributed by atoms with E-state index < -0.39 is 6.61 Å². The first-order valence-electron chi connectivity index (χ1n) is 6.44. The number of hydrogen-bond acceptors (Lipinski definition) is 3. The number of hydrogen-bond donors (Lipinski definition) is 1. The maximum absolute atomic E-state index is 12.3. The molecule has 0 saturated heterocycles. The van der Waals surface area contributed by atoms with Crippen LogP contribution in [0.5, 0.6) is 5.75 Å². The second-order valence-corrected chi connectivity index (χ2v) is 4.23. The highest BCUT2D eigenvalue weighted by Crippen LogP contribution is 2.20. The maximum Gasteiger partial charge on any atom is 0.387 e. The molecule has 20 heavy (non-hydrogen) atoms. The van der Waals surface area contributed by atoms with E-state index in [2.05, 4.69) is 15.2 Å². The van der Waals surface area contributed by atoms with Crippen molar-refractivity contribution in [2.24, 2.45) is 0 Å². The summed E-state index contributed by atoms with van der Waals surface area (Å²) < 4.78 is 31.0. The Hall–Kier alpha value is -1.95. The van der Waals surface area contributed by atoms with Crippen LogP contribution in [0.4, 0.5) is 8.78 Å². The molecule has 0 unspecified atom stereocenters. The summed E-state index contributed by atoms with van der Waals surface area (Å²) in [4.78, 5) is 0. The van der Waals surface area contributed by atoms with Crippen LogP contribution in [0.15, 0.2) is 36.5 Å². The quantitative estimate of drug-likeness (QED) is 0.848. The van der Waals surface area contributed by atoms with Gasteiger partial charge in [-0.05, 0) is 19.1 Å². The second-order valence-electron chi connectivity index (χ2n) is 4.23. The third kappa shape index (κ3) is 3.77. The van der Waals surface area contributed by atoms with Crippen molar-refractivity contribution in [1.29, 1.82) is 0 Å². The Labute approximate surface area is 116 Å². The average molecular weight is 281 g/mol. The predicted molar refractivity (Wildman–Crippen MR) is 71.5 cm³/mol. The monoisotopic (exact) mass is 281 g/mol. The highest BCUT2D eigenvalue weighted by molar-refractivity contribution is 5.33. The normalized spacial score (nSPS) is 11.0. The van der Waals surface area contributed by atoms with Gasteiger partial charge < -0.3 is 10.1 Å². The Morgan fingerprint density at radius 2 is 2.05 bits per heavy atom. The van der Waals surface area contributed by atoms with Crippen LogP contribution in [0.25, 0.3) is 0 Å². The smallest absolute Gasteiger partial charge is 0.387 e. The molecular weight excluding hydrogens is 264 g/mol. The number of nitrogens with one attached hydrogen (secondary N) is 1. The largest absolute Gasteiger partial charge is 0.434 e. The summed E-state index contributed by atoms with van der Waals surface area (Å²) in [5.74, 6) is 0.207. The Balaban J connectivity index is 1.94. The minimum Gasteiger partial charge on any atom is -0.434 e. The summed E-state index contributed by atoms with van der Waals surface area (Å²) in [7, 11) is 0. The van der Waals surface area contributed by atoms with E-state index in [-0.39, 0.29) is 5.75 Å². The molecular formula is C14H17F2N3O. The molecule has 0 bridgehead atoms. The molecule has 0 fully saturated rings. The van der Waals surface area contributed by atoms with E-state index in [1.54, 1.807) is 30.5 Å². The van der Waals surface area contributed by atoms with Gasteiger partial charge in [0.1, 0.15) is 5.75 Å². The Bertz CT molecular complexity index is 543. The molecule has 1 aromatic carbocycles. The van der Waals surface area contributed by atoms with Gasteiger partial charge in [-0.25, -0.2) is 0 Å². The van der Waals surface area contributed by atoms with Crippen LogP contribution in [-0.2, 0) is 19.6 Å². The minimum absolute atomic E-state index is 0.207. The lowest BCUT2D eigenvalue weighted by Gasteiger charge is -2.11. The number of nitrogens with zero attached hydrogens (tertiary/aromatic N) is 2. The van der Waals surface area contributed by atoms with Crippen molar-refractivity contribution in [3.05, 3.63) is 47.8 Å². The Kier molecular flexibility index (Phi) is 5.06. The number of halogens is 2. The third-order valence-corrected chi connectivity index (χ3v) is 2.91. The first kappa shape index (κ1) is 14.5. The molecule has 0 aliphatic rings. The summed E-state index contributed by atoms with van der Waals surface area (Å²) in [5, 5.41) is 7.38. The fourth-order valence-electron chi connectivity index (χ4n) is 1.98. The molecule has 0 amide bonds. The Morgan fingerprint density at radius 3 is 2.80 bits per heavy atom. The van der Waals surface area contributed by atoms with Gasteiger partial charge in [0, 0.05) is 31.4 Å². The predicted octanol–water partition coefficient (Wildman–Crippen LogP) is 2.79. The fourth-order valence-corrected chi connectivity index (χ4v) is 1.98. The highest BCUT2D eigenvalue weighted by atomic mass is 19.3. The lowest BCUT2D eigenvalue weighted by Crippen LogP contribution is -2.17. The van der Waals surface area contributed by atoms with Gasteiger partial charge in [-0.15, -0.1) is 0 Å². The van der Waals surface area contributed by atoms with E-state index >= 15 is 0 Å². The van der Waals surface area contributed by atoms with Crippen molar-refractivity contribution in [2.75, 3.05) is 0 Å². The lowest BCUT2D eigenvalue weighted by molar-refractivity contribution is -0.0505. The molecule has 6 heteroatoms. The van der Waals surface area contributed by atoms with Gasteiger partial charge >= 0.3 is 6.61 Å². The third-order valence-electron chi connectivity index (χ3n) is 2.91. The van der Waals surface area contributed by atoms with Crippen LogP contribution < -0.4 is 10.1 Å². The van der Waals surface area contributed by atoms with Crippen molar-refractivity contribution in [3.8, 4) is 5.75 Å². The fraction of sp³-hybridized carbons (Fsp3) is 0.357. The zero-order chi connectivity index (χ0) is 14.4. The molecule has 1 heterocycles. The second kappa shape index (κ2) is 7.00. The van der Waals surface area contributed by atoms with Crippen LogP contribution >= 0.6 is 0 Å². The zero-order valence-electron chi connectivity index (χ0n) is 11.2. The van der Waals surface area contributed by atoms with Crippen LogP contribution in [0.2, 0.25) is 0 Å². The zero-order valence-corrected chi connectivity index (χ0v) is 11.2. The van der Waals surface area contributed by atoms with Gasteiger partial charge in [-0.1, -0.05) is 18.2 Å². The van der Waals surface area contributed by atoms with Gasteiger partial charge in [-0.2, -0.15) is 13.9 Å². The lowest BCUT2D eigenvalue weighted by atomic mass is 10.2. The molecule has 0 saturated carbocycles. The summed E-state index contributed by atoms with van der Waals surface area (Å²) in [5.41, 5.74) is 1.76. The van der Waals surface area contributed by atoms with Gasteiger partial charge in [0.15, 0.2) is 0 Å². The number of para-hydroxylation sites is 1. The first-order valence-corrected chi connectivity index (χ1v) is 6.44. The molecule has 0 aliphatic carbocycles.